The molecular formula is C20H23FN7O4S+. The van der Waals surface area contributed by atoms with Gasteiger partial charge in [-0.2, -0.15) is 10.5 Å². The fourth-order valence-corrected chi connectivity index (χ4v) is 5.69. The summed E-state index contributed by atoms with van der Waals surface area (Å²) in [5.74, 6) is -1.96. The minimum absolute atomic E-state index is 0.159. The van der Waals surface area contributed by atoms with E-state index in [9.17, 15) is 27.7 Å². The van der Waals surface area contributed by atoms with Crippen molar-refractivity contribution >= 4 is 33.4 Å². The number of rotatable bonds is 4. The lowest BCUT2D eigenvalue weighted by Gasteiger charge is -2.36. The molecule has 0 spiro atoms. The van der Waals surface area contributed by atoms with E-state index >= 15 is 0 Å². The lowest BCUT2D eigenvalue weighted by Crippen LogP contribution is -2.61. The van der Waals surface area contributed by atoms with Crippen molar-refractivity contribution in [3.8, 4) is 12.1 Å². The van der Waals surface area contributed by atoms with Crippen LogP contribution in [0.15, 0.2) is 17.0 Å². The van der Waals surface area contributed by atoms with E-state index in [2.05, 4.69) is 16.7 Å². The summed E-state index contributed by atoms with van der Waals surface area (Å²) in [4.78, 5) is 26.2. The van der Waals surface area contributed by atoms with Crippen molar-refractivity contribution in [2.45, 2.75) is 36.9 Å². The third kappa shape index (κ3) is 4.25. The number of fused-ring (bicyclic) bond motifs is 1. The summed E-state index contributed by atoms with van der Waals surface area (Å²) in [6.07, 6.45) is 0. The first kappa shape index (κ1) is 24.1. The lowest BCUT2D eigenvalue weighted by atomic mass is 9.99. The summed E-state index contributed by atoms with van der Waals surface area (Å²) in [5.41, 5.74) is 0.329. The number of amides is 3. The van der Waals surface area contributed by atoms with Gasteiger partial charge in [0.1, 0.15) is 36.4 Å². The van der Waals surface area contributed by atoms with Gasteiger partial charge in [-0.25, -0.2) is 26.5 Å². The zero-order valence-corrected chi connectivity index (χ0v) is 19.3. The van der Waals surface area contributed by atoms with Gasteiger partial charge in [0, 0.05) is 6.92 Å². The molecule has 0 bridgehead atoms. The Hall–Kier alpha value is -3.55. The number of carbonyl (C=O) groups excluding carboxylic acids is 2. The van der Waals surface area contributed by atoms with E-state index in [4.69, 9.17) is 5.26 Å². The molecule has 2 aliphatic heterocycles. The summed E-state index contributed by atoms with van der Waals surface area (Å²) in [6.45, 7) is 3.15. The highest BCUT2D eigenvalue weighted by Crippen LogP contribution is 2.33. The molecular weight excluding hydrogens is 453 g/mol. The molecule has 0 radical (unpaired) electrons. The van der Waals surface area contributed by atoms with Crippen LogP contribution in [0.2, 0.25) is 0 Å². The van der Waals surface area contributed by atoms with Crippen LogP contribution in [-0.4, -0.2) is 85.2 Å². The molecule has 2 aliphatic rings. The van der Waals surface area contributed by atoms with E-state index in [-0.39, 0.29) is 27.6 Å². The Labute approximate surface area is 190 Å². The number of nitrogens with zero attached hydrogens (tertiary/aromatic N) is 5. The molecule has 2 N–H and O–H groups in total. The van der Waals surface area contributed by atoms with Gasteiger partial charge in [0.2, 0.25) is 5.91 Å². The standard InChI is InChI=1S/C20H22FN7O4S/c1-11(18-12(2)27(4)14(8-23)9-26(18)3)24-17(29)10-28-20(30)25-16-6-13(7-22)5-15(21)19(16)33(28,31)32/h5-6,11,14,18H,9-10H2,1-4H3,(H-,24,25,29,30)/p+1/t11-,14?,18?/m1/s1. The normalized spacial score (nSPS) is 23.1. The van der Waals surface area contributed by atoms with Crippen molar-refractivity contribution in [3.63, 3.8) is 0 Å². The van der Waals surface area contributed by atoms with Crippen molar-refractivity contribution in [1.82, 2.24) is 14.5 Å². The highest BCUT2D eigenvalue weighted by Gasteiger charge is 2.42. The van der Waals surface area contributed by atoms with Gasteiger partial charge in [0.25, 0.3) is 16.1 Å². The molecule has 0 saturated heterocycles. The molecule has 0 aliphatic carbocycles. The smallest absolute Gasteiger partial charge is 0.336 e. The first-order chi connectivity index (χ1) is 15.4. The Morgan fingerprint density at radius 3 is 2.70 bits per heavy atom. The molecule has 1 aromatic rings. The SMILES string of the molecule is CC1=[N+](C)C(C#N)CN(C)C1[C@@H](C)NC(=O)CN1C(=O)Nc2cc(C#N)cc(F)c2S1(=O)=O. The van der Waals surface area contributed by atoms with Crippen molar-refractivity contribution in [2.24, 2.45) is 0 Å². The summed E-state index contributed by atoms with van der Waals surface area (Å²) in [5, 5.41) is 23.1. The Kier molecular flexibility index (Phi) is 6.40. The van der Waals surface area contributed by atoms with Crippen molar-refractivity contribution in [1.29, 1.82) is 10.5 Å². The molecule has 3 atom stereocenters. The lowest BCUT2D eigenvalue weighted by molar-refractivity contribution is -0.532. The highest BCUT2D eigenvalue weighted by atomic mass is 32.2. The zero-order valence-electron chi connectivity index (χ0n) is 18.5. The number of hydrogen-bond acceptors (Lipinski definition) is 7. The van der Waals surface area contributed by atoms with Crippen molar-refractivity contribution in [3.05, 3.63) is 23.5 Å². The molecule has 0 fully saturated rings. The third-order valence-electron chi connectivity index (χ3n) is 5.88. The number of sulfonamides is 1. The predicted molar refractivity (Wildman–Crippen MR) is 114 cm³/mol. The van der Waals surface area contributed by atoms with Gasteiger partial charge in [-0.05, 0) is 26.1 Å². The van der Waals surface area contributed by atoms with Crippen LogP contribution >= 0.6 is 0 Å². The number of benzene rings is 1. The number of nitrogens with one attached hydrogen (secondary N) is 2. The summed E-state index contributed by atoms with van der Waals surface area (Å²) >= 11 is 0. The van der Waals surface area contributed by atoms with Gasteiger partial charge in [-0.1, -0.05) is 0 Å². The Morgan fingerprint density at radius 2 is 2.09 bits per heavy atom. The van der Waals surface area contributed by atoms with Crippen LogP contribution in [0.25, 0.3) is 0 Å². The monoisotopic (exact) mass is 476 g/mol. The van der Waals surface area contributed by atoms with Crippen molar-refractivity contribution in [2.75, 3.05) is 32.5 Å². The maximum Gasteiger partial charge on any atom is 0.336 e. The van der Waals surface area contributed by atoms with Gasteiger partial charge in [-0.3, -0.25) is 9.69 Å². The van der Waals surface area contributed by atoms with E-state index in [1.54, 1.807) is 20.0 Å². The van der Waals surface area contributed by atoms with Crippen LogP contribution in [0.3, 0.4) is 0 Å². The Morgan fingerprint density at radius 1 is 1.42 bits per heavy atom. The maximum absolute atomic E-state index is 14.4. The number of anilines is 1. The summed E-state index contributed by atoms with van der Waals surface area (Å²) in [7, 11) is -1.07. The van der Waals surface area contributed by atoms with E-state index in [0.717, 1.165) is 17.8 Å². The van der Waals surface area contributed by atoms with Crippen LogP contribution < -0.4 is 10.6 Å². The van der Waals surface area contributed by atoms with E-state index < -0.39 is 45.3 Å². The fourth-order valence-electron chi connectivity index (χ4n) is 4.23. The number of halogens is 1. The van der Waals surface area contributed by atoms with E-state index in [1.165, 1.54) is 0 Å². The number of likely N-dealkylation sites (N-methyl/N-ethyl adjacent to an activating group) is 2. The van der Waals surface area contributed by atoms with Crippen LogP contribution in [0.1, 0.15) is 19.4 Å². The summed E-state index contributed by atoms with van der Waals surface area (Å²) < 4.78 is 42.3. The van der Waals surface area contributed by atoms with Crippen LogP contribution in [0.4, 0.5) is 14.9 Å². The number of carbonyl (C=O) groups is 2. The number of nitriles is 2. The van der Waals surface area contributed by atoms with Crippen LogP contribution in [0, 0.1) is 28.5 Å². The first-order valence-electron chi connectivity index (χ1n) is 9.95. The minimum atomic E-state index is -4.67. The van der Waals surface area contributed by atoms with E-state index in [1.807, 2.05) is 23.4 Å². The predicted octanol–water partition coefficient (Wildman–Crippen LogP) is 0.0477. The average Bonchev–Trinajstić information content (AvgIpc) is 2.72. The second kappa shape index (κ2) is 8.77. The molecule has 174 valence electrons. The molecule has 0 aromatic heterocycles. The average molecular weight is 477 g/mol. The molecule has 3 amide bonds. The van der Waals surface area contributed by atoms with Gasteiger partial charge in [0.05, 0.1) is 29.9 Å². The molecule has 11 nitrogen and oxygen atoms in total. The molecule has 33 heavy (non-hydrogen) atoms. The molecule has 2 unspecified atom stereocenters. The van der Waals surface area contributed by atoms with Gasteiger partial charge in [0.15, 0.2) is 5.71 Å². The number of hydrogen-bond donors (Lipinski definition) is 2. The molecule has 3 rings (SSSR count). The van der Waals surface area contributed by atoms with E-state index in [0.29, 0.717) is 6.54 Å². The van der Waals surface area contributed by atoms with Crippen molar-refractivity contribution < 1.29 is 27.0 Å². The molecule has 1 aromatic carbocycles. The van der Waals surface area contributed by atoms with Gasteiger partial charge < -0.3 is 10.6 Å². The molecule has 0 saturated carbocycles. The highest BCUT2D eigenvalue weighted by molar-refractivity contribution is 7.90. The molecule has 2 heterocycles. The largest absolute Gasteiger partial charge is 0.350 e. The minimum Gasteiger partial charge on any atom is -0.350 e. The van der Waals surface area contributed by atoms with Crippen LogP contribution in [0.5, 0.6) is 0 Å². The maximum atomic E-state index is 14.4. The second-order valence-electron chi connectivity index (χ2n) is 8.03. The topological polar surface area (TPSA) is 149 Å². The Bertz CT molecular complexity index is 1250. The quantitative estimate of drug-likeness (QED) is 0.583. The third-order valence-corrected chi connectivity index (χ3v) is 7.68. The summed E-state index contributed by atoms with van der Waals surface area (Å²) in [6, 6.07) is 3.47. The second-order valence-corrected chi connectivity index (χ2v) is 9.83. The fraction of sp³-hybridized carbons (Fsp3) is 0.450. The van der Waals surface area contributed by atoms with Crippen LogP contribution in [-0.2, 0) is 14.8 Å². The Balaban J connectivity index is 1.81. The number of urea groups is 1. The molecule has 13 heteroatoms. The zero-order chi connectivity index (χ0) is 24.7. The van der Waals surface area contributed by atoms with Gasteiger partial charge in [-0.15, -0.1) is 0 Å². The van der Waals surface area contributed by atoms with Gasteiger partial charge >= 0.3 is 6.03 Å². The first-order valence-corrected chi connectivity index (χ1v) is 11.4.